The van der Waals surface area contributed by atoms with E-state index in [1.807, 2.05) is 6.92 Å². The number of hydrogen-bond donors (Lipinski definition) is 0. The third-order valence-corrected chi connectivity index (χ3v) is 3.22. The molecule has 4 nitrogen and oxygen atoms in total. The molecular formula is C18H36O4. The minimum atomic E-state index is 0.215. The first kappa shape index (κ1) is 21.1. The van der Waals surface area contributed by atoms with E-state index in [9.17, 15) is 0 Å². The van der Waals surface area contributed by atoms with Gasteiger partial charge in [-0.1, -0.05) is 46.5 Å². The summed E-state index contributed by atoms with van der Waals surface area (Å²) in [7, 11) is 0. The Balaban J connectivity index is 4.69. The van der Waals surface area contributed by atoms with Gasteiger partial charge in [0.2, 0.25) is 0 Å². The maximum absolute atomic E-state index is 5.93. The molecule has 0 saturated heterocycles. The zero-order chi connectivity index (χ0) is 16.5. The lowest BCUT2D eigenvalue weighted by atomic mass is 10.2. The minimum Gasteiger partial charge on any atom is -0.491 e. The van der Waals surface area contributed by atoms with Gasteiger partial charge in [0, 0.05) is 13.0 Å². The molecule has 0 fully saturated rings. The maximum atomic E-state index is 5.93. The van der Waals surface area contributed by atoms with Crippen LogP contribution in [0.4, 0.5) is 0 Å². The van der Waals surface area contributed by atoms with Crippen LogP contribution < -0.4 is 0 Å². The van der Waals surface area contributed by atoms with Crippen molar-refractivity contribution < 1.29 is 18.9 Å². The van der Waals surface area contributed by atoms with E-state index in [-0.39, 0.29) is 6.79 Å². The zero-order valence-electron chi connectivity index (χ0n) is 15.1. The van der Waals surface area contributed by atoms with Gasteiger partial charge in [-0.25, -0.2) is 0 Å². The molecule has 0 spiro atoms. The van der Waals surface area contributed by atoms with Crippen LogP contribution >= 0.6 is 0 Å². The summed E-state index contributed by atoms with van der Waals surface area (Å²) in [6, 6.07) is 0. The van der Waals surface area contributed by atoms with Gasteiger partial charge in [0.1, 0.15) is 0 Å². The normalized spacial score (nSPS) is 12.0. The lowest BCUT2D eigenvalue weighted by Gasteiger charge is -2.17. The summed E-state index contributed by atoms with van der Waals surface area (Å²) < 4.78 is 22.7. The first-order valence-electron chi connectivity index (χ1n) is 8.99. The number of unbranched alkanes of at least 4 members (excludes halogenated alkanes) is 4. The third-order valence-electron chi connectivity index (χ3n) is 3.22. The summed E-state index contributed by atoms with van der Waals surface area (Å²) in [5.74, 6) is 1.37. The molecule has 0 atom stereocenters. The van der Waals surface area contributed by atoms with Crippen LogP contribution in [0.5, 0.6) is 0 Å². The fourth-order valence-corrected chi connectivity index (χ4v) is 1.80. The molecule has 0 amide bonds. The molecule has 4 heteroatoms. The van der Waals surface area contributed by atoms with Crippen LogP contribution in [0.2, 0.25) is 0 Å². The molecule has 0 aromatic carbocycles. The SMILES string of the molecule is CCCCCC(OCCCC)=C(OCCCC)OCOCC. The molecule has 22 heavy (non-hydrogen) atoms. The van der Waals surface area contributed by atoms with Gasteiger partial charge in [0.05, 0.1) is 13.2 Å². The highest BCUT2D eigenvalue weighted by Gasteiger charge is 2.12. The summed E-state index contributed by atoms with van der Waals surface area (Å²) in [5, 5.41) is 0. The fraction of sp³-hybridized carbons (Fsp3) is 0.889. The first-order chi connectivity index (χ1) is 10.8. The monoisotopic (exact) mass is 316 g/mol. The van der Waals surface area contributed by atoms with E-state index in [1.165, 1.54) is 12.8 Å². The molecule has 0 unspecified atom stereocenters. The molecule has 0 aliphatic rings. The smallest absolute Gasteiger partial charge is 0.321 e. The molecule has 0 rings (SSSR count). The van der Waals surface area contributed by atoms with E-state index < -0.39 is 0 Å². The highest BCUT2D eigenvalue weighted by molar-refractivity contribution is 4.95. The van der Waals surface area contributed by atoms with Gasteiger partial charge in [-0.2, -0.15) is 0 Å². The number of hydrogen-bond acceptors (Lipinski definition) is 4. The van der Waals surface area contributed by atoms with Gasteiger partial charge in [0.15, 0.2) is 12.6 Å². The van der Waals surface area contributed by atoms with Gasteiger partial charge >= 0.3 is 5.95 Å². The predicted molar refractivity (Wildman–Crippen MR) is 90.5 cm³/mol. The van der Waals surface area contributed by atoms with E-state index >= 15 is 0 Å². The minimum absolute atomic E-state index is 0.215. The summed E-state index contributed by atoms with van der Waals surface area (Å²) >= 11 is 0. The third kappa shape index (κ3) is 11.7. The first-order valence-corrected chi connectivity index (χ1v) is 8.99. The molecule has 132 valence electrons. The van der Waals surface area contributed by atoms with E-state index in [2.05, 4.69) is 20.8 Å². The zero-order valence-corrected chi connectivity index (χ0v) is 15.1. The van der Waals surface area contributed by atoms with Crippen LogP contribution in [0.3, 0.4) is 0 Å². The summed E-state index contributed by atoms with van der Waals surface area (Å²) in [4.78, 5) is 0. The van der Waals surface area contributed by atoms with Crippen LogP contribution in [0.15, 0.2) is 11.7 Å². The average Bonchev–Trinajstić information content (AvgIpc) is 2.53. The maximum Gasteiger partial charge on any atom is 0.321 e. The summed E-state index contributed by atoms with van der Waals surface area (Å²) in [5.41, 5.74) is 0. The second kappa shape index (κ2) is 16.5. The Kier molecular flexibility index (Phi) is 15.8. The molecule has 0 aromatic heterocycles. The Morgan fingerprint density at radius 1 is 0.682 bits per heavy atom. The molecule has 0 aliphatic carbocycles. The van der Waals surface area contributed by atoms with E-state index in [1.54, 1.807) is 0 Å². The Morgan fingerprint density at radius 2 is 1.32 bits per heavy atom. The largest absolute Gasteiger partial charge is 0.491 e. The highest BCUT2D eigenvalue weighted by atomic mass is 16.7. The Hall–Kier alpha value is -0.900. The topological polar surface area (TPSA) is 36.9 Å². The van der Waals surface area contributed by atoms with Crippen LogP contribution in [0, 0.1) is 0 Å². The fourth-order valence-electron chi connectivity index (χ4n) is 1.80. The molecule has 0 aliphatic heterocycles. The number of ether oxygens (including phenoxy) is 4. The second-order valence-electron chi connectivity index (χ2n) is 5.33. The number of allylic oxidation sites excluding steroid dienone is 1. The van der Waals surface area contributed by atoms with Crippen LogP contribution in [-0.2, 0) is 18.9 Å². The van der Waals surface area contributed by atoms with Crippen LogP contribution in [-0.4, -0.2) is 26.6 Å². The van der Waals surface area contributed by atoms with Gasteiger partial charge in [-0.15, -0.1) is 0 Å². The standard InChI is InChI=1S/C18H36O4/c1-5-9-12-13-17(20-14-10-6-2)18(21-15-11-7-3)22-16-19-8-4/h5-16H2,1-4H3. The molecular weight excluding hydrogens is 280 g/mol. The van der Waals surface area contributed by atoms with Gasteiger partial charge in [-0.05, 0) is 26.2 Å². The van der Waals surface area contributed by atoms with E-state index in [0.29, 0.717) is 19.2 Å². The van der Waals surface area contributed by atoms with Gasteiger partial charge < -0.3 is 18.9 Å². The summed E-state index contributed by atoms with van der Waals surface area (Å²) in [6.45, 7) is 10.7. The Morgan fingerprint density at radius 3 is 1.91 bits per heavy atom. The van der Waals surface area contributed by atoms with Crippen molar-refractivity contribution in [2.24, 2.45) is 0 Å². The van der Waals surface area contributed by atoms with Crippen LogP contribution in [0.1, 0.15) is 79.1 Å². The quantitative estimate of drug-likeness (QED) is 0.218. The lowest BCUT2D eigenvalue weighted by molar-refractivity contribution is -0.0810. The van der Waals surface area contributed by atoms with Crippen molar-refractivity contribution in [3.05, 3.63) is 11.7 Å². The number of rotatable bonds is 16. The van der Waals surface area contributed by atoms with E-state index in [4.69, 9.17) is 18.9 Å². The van der Waals surface area contributed by atoms with Crippen LogP contribution in [0.25, 0.3) is 0 Å². The second-order valence-corrected chi connectivity index (χ2v) is 5.33. The summed E-state index contributed by atoms with van der Waals surface area (Å²) in [6.07, 6.45) is 8.61. The van der Waals surface area contributed by atoms with Crippen molar-refractivity contribution in [2.75, 3.05) is 26.6 Å². The molecule has 0 radical (unpaired) electrons. The highest BCUT2D eigenvalue weighted by Crippen LogP contribution is 2.18. The lowest BCUT2D eigenvalue weighted by Crippen LogP contribution is -2.10. The Labute approximate surface area is 137 Å². The molecule has 0 saturated carbocycles. The molecule has 0 N–H and O–H groups in total. The molecule has 0 aromatic rings. The van der Waals surface area contributed by atoms with Crippen molar-refractivity contribution in [1.29, 1.82) is 0 Å². The van der Waals surface area contributed by atoms with Crippen molar-refractivity contribution in [3.63, 3.8) is 0 Å². The van der Waals surface area contributed by atoms with Crippen molar-refractivity contribution in [2.45, 2.75) is 79.1 Å². The van der Waals surface area contributed by atoms with Crippen molar-refractivity contribution in [1.82, 2.24) is 0 Å². The Bertz CT molecular complexity index is 214. The van der Waals surface area contributed by atoms with E-state index in [0.717, 1.165) is 50.9 Å². The predicted octanol–water partition coefficient (Wildman–Crippen LogP) is 5.38. The van der Waals surface area contributed by atoms with Gasteiger partial charge in [0.25, 0.3) is 0 Å². The van der Waals surface area contributed by atoms with Gasteiger partial charge in [-0.3, -0.25) is 0 Å². The van der Waals surface area contributed by atoms with Crippen molar-refractivity contribution >= 4 is 0 Å². The van der Waals surface area contributed by atoms with Crippen molar-refractivity contribution in [3.8, 4) is 0 Å². The molecule has 0 bridgehead atoms. The molecule has 0 heterocycles. The average molecular weight is 316 g/mol.